The fourth-order valence-corrected chi connectivity index (χ4v) is 1.64. The third kappa shape index (κ3) is 6.26. The summed E-state index contributed by atoms with van der Waals surface area (Å²) in [6, 6.07) is 7.99. The van der Waals surface area contributed by atoms with E-state index in [-0.39, 0.29) is 24.4 Å². The van der Waals surface area contributed by atoms with Gasteiger partial charge in [0.15, 0.2) is 6.10 Å². The molecule has 4 nitrogen and oxygen atoms in total. The second-order valence-corrected chi connectivity index (χ2v) is 4.77. The SMILES string of the molecule is CCC(Oc1cccc(C)c1)C(=O)NCC(C)NC.Cl. The van der Waals surface area contributed by atoms with Gasteiger partial charge in [0, 0.05) is 12.6 Å². The predicted molar refractivity (Wildman–Crippen MR) is 84.7 cm³/mol. The molecule has 2 atom stereocenters. The number of ether oxygens (including phenoxy) is 1. The van der Waals surface area contributed by atoms with E-state index < -0.39 is 6.10 Å². The third-order valence-corrected chi connectivity index (χ3v) is 3.01. The molecule has 114 valence electrons. The lowest BCUT2D eigenvalue weighted by molar-refractivity contribution is -0.128. The number of benzene rings is 1. The average molecular weight is 301 g/mol. The molecule has 0 aliphatic heterocycles. The van der Waals surface area contributed by atoms with Gasteiger partial charge in [-0.15, -0.1) is 12.4 Å². The van der Waals surface area contributed by atoms with Crippen molar-refractivity contribution in [1.82, 2.24) is 10.6 Å². The Hall–Kier alpha value is -1.26. The van der Waals surface area contributed by atoms with Crippen molar-refractivity contribution < 1.29 is 9.53 Å². The number of likely N-dealkylation sites (N-methyl/N-ethyl adjacent to an activating group) is 1. The third-order valence-electron chi connectivity index (χ3n) is 3.01. The van der Waals surface area contributed by atoms with E-state index in [1.54, 1.807) is 0 Å². The van der Waals surface area contributed by atoms with Crippen LogP contribution >= 0.6 is 12.4 Å². The van der Waals surface area contributed by atoms with E-state index in [9.17, 15) is 4.79 Å². The highest BCUT2D eigenvalue weighted by molar-refractivity contribution is 5.85. The molecule has 0 aliphatic carbocycles. The minimum Gasteiger partial charge on any atom is -0.481 e. The lowest BCUT2D eigenvalue weighted by atomic mass is 10.2. The summed E-state index contributed by atoms with van der Waals surface area (Å²) in [4.78, 5) is 12.0. The van der Waals surface area contributed by atoms with Crippen LogP contribution < -0.4 is 15.4 Å². The van der Waals surface area contributed by atoms with Crippen LogP contribution in [0.25, 0.3) is 0 Å². The van der Waals surface area contributed by atoms with Crippen LogP contribution in [0.4, 0.5) is 0 Å². The molecule has 2 N–H and O–H groups in total. The number of hydrogen-bond acceptors (Lipinski definition) is 3. The number of carbonyl (C=O) groups is 1. The molecule has 5 heteroatoms. The summed E-state index contributed by atoms with van der Waals surface area (Å²) in [5, 5.41) is 5.97. The normalized spacial score (nSPS) is 13.0. The Labute approximate surface area is 127 Å². The average Bonchev–Trinajstić information content (AvgIpc) is 2.41. The van der Waals surface area contributed by atoms with Crippen LogP contribution in [0.2, 0.25) is 0 Å². The van der Waals surface area contributed by atoms with E-state index in [0.717, 1.165) is 11.3 Å². The maximum absolute atomic E-state index is 12.0. The first-order valence-electron chi connectivity index (χ1n) is 6.75. The maximum atomic E-state index is 12.0. The predicted octanol–water partition coefficient (Wildman–Crippen LogP) is 2.30. The standard InChI is InChI=1S/C15H24N2O2.ClH/c1-5-14(15(18)17-10-12(3)16-4)19-13-8-6-7-11(2)9-13;/h6-9,12,14,16H,5,10H2,1-4H3,(H,17,18);1H. The molecular formula is C15H25ClN2O2. The molecule has 0 fully saturated rings. The summed E-state index contributed by atoms with van der Waals surface area (Å²) in [5.74, 6) is 0.676. The van der Waals surface area contributed by atoms with E-state index in [1.165, 1.54) is 0 Å². The molecule has 1 amide bonds. The Morgan fingerprint density at radius 1 is 1.40 bits per heavy atom. The second kappa shape index (κ2) is 9.61. The van der Waals surface area contributed by atoms with Gasteiger partial charge in [0.05, 0.1) is 0 Å². The van der Waals surface area contributed by atoms with Crippen molar-refractivity contribution in [2.45, 2.75) is 39.3 Å². The molecule has 20 heavy (non-hydrogen) atoms. The number of rotatable bonds is 7. The molecule has 0 saturated heterocycles. The molecule has 0 bridgehead atoms. The number of nitrogens with one attached hydrogen (secondary N) is 2. The molecule has 0 saturated carbocycles. The van der Waals surface area contributed by atoms with E-state index in [2.05, 4.69) is 10.6 Å². The summed E-state index contributed by atoms with van der Waals surface area (Å²) in [7, 11) is 1.87. The van der Waals surface area contributed by atoms with Gasteiger partial charge in [-0.05, 0) is 45.0 Å². The number of amides is 1. The molecule has 0 aromatic heterocycles. The fraction of sp³-hybridized carbons (Fsp3) is 0.533. The summed E-state index contributed by atoms with van der Waals surface area (Å²) in [6.07, 6.45) is 0.208. The lowest BCUT2D eigenvalue weighted by Crippen LogP contribution is -2.43. The monoisotopic (exact) mass is 300 g/mol. The van der Waals surface area contributed by atoms with Gasteiger partial charge in [-0.3, -0.25) is 4.79 Å². The zero-order valence-electron chi connectivity index (χ0n) is 12.6. The topological polar surface area (TPSA) is 50.4 Å². The van der Waals surface area contributed by atoms with Crippen molar-refractivity contribution in [1.29, 1.82) is 0 Å². The van der Waals surface area contributed by atoms with Gasteiger partial charge >= 0.3 is 0 Å². The smallest absolute Gasteiger partial charge is 0.261 e. The van der Waals surface area contributed by atoms with Crippen LogP contribution in [-0.4, -0.2) is 31.6 Å². The highest BCUT2D eigenvalue weighted by atomic mass is 35.5. The first kappa shape index (κ1) is 18.7. The zero-order valence-corrected chi connectivity index (χ0v) is 13.4. The van der Waals surface area contributed by atoms with Crippen molar-refractivity contribution >= 4 is 18.3 Å². The van der Waals surface area contributed by atoms with Crippen molar-refractivity contribution in [3.05, 3.63) is 29.8 Å². The first-order valence-corrected chi connectivity index (χ1v) is 6.75. The Bertz CT molecular complexity index is 413. The number of aryl methyl sites for hydroxylation is 1. The van der Waals surface area contributed by atoms with Crippen LogP contribution in [0.3, 0.4) is 0 Å². The van der Waals surface area contributed by atoms with E-state index in [1.807, 2.05) is 52.1 Å². The van der Waals surface area contributed by atoms with E-state index >= 15 is 0 Å². The quantitative estimate of drug-likeness (QED) is 0.812. The van der Waals surface area contributed by atoms with Gasteiger partial charge in [0.25, 0.3) is 5.91 Å². The minimum absolute atomic E-state index is 0. The van der Waals surface area contributed by atoms with Gasteiger partial charge in [0.2, 0.25) is 0 Å². The molecule has 0 radical (unpaired) electrons. The number of halogens is 1. The van der Waals surface area contributed by atoms with Crippen LogP contribution in [-0.2, 0) is 4.79 Å². The van der Waals surface area contributed by atoms with Crippen molar-refractivity contribution in [3.63, 3.8) is 0 Å². The van der Waals surface area contributed by atoms with Gasteiger partial charge in [-0.2, -0.15) is 0 Å². The second-order valence-electron chi connectivity index (χ2n) is 4.77. The van der Waals surface area contributed by atoms with Crippen LogP contribution in [0.15, 0.2) is 24.3 Å². The molecular weight excluding hydrogens is 276 g/mol. The first-order chi connectivity index (χ1) is 9.06. The highest BCUT2D eigenvalue weighted by Crippen LogP contribution is 2.15. The zero-order chi connectivity index (χ0) is 14.3. The Balaban J connectivity index is 0.00000361. The van der Waals surface area contributed by atoms with Crippen LogP contribution in [0, 0.1) is 6.92 Å². The van der Waals surface area contributed by atoms with Gasteiger partial charge in [0.1, 0.15) is 5.75 Å². The maximum Gasteiger partial charge on any atom is 0.261 e. The lowest BCUT2D eigenvalue weighted by Gasteiger charge is -2.19. The molecule has 0 spiro atoms. The summed E-state index contributed by atoms with van der Waals surface area (Å²) in [5.41, 5.74) is 1.12. The molecule has 0 heterocycles. The Morgan fingerprint density at radius 2 is 2.10 bits per heavy atom. The summed E-state index contributed by atoms with van der Waals surface area (Å²) in [6.45, 7) is 6.57. The van der Waals surface area contributed by atoms with Crippen molar-refractivity contribution in [2.75, 3.05) is 13.6 Å². The Kier molecular flexibility index (Phi) is 9.01. The minimum atomic E-state index is -0.439. The molecule has 0 aliphatic rings. The van der Waals surface area contributed by atoms with Crippen LogP contribution in [0.5, 0.6) is 5.75 Å². The fourth-order valence-electron chi connectivity index (χ4n) is 1.64. The number of carbonyl (C=O) groups excluding carboxylic acids is 1. The molecule has 1 rings (SSSR count). The van der Waals surface area contributed by atoms with Crippen molar-refractivity contribution in [3.8, 4) is 5.75 Å². The van der Waals surface area contributed by atoms with Crippen LogP contribution in [0.1, 0.15) is 25.8 Å². The summed E-state index contributed by atoms with van der Waals surface area (Å²) >= 11 is 0. The van der Waals surface area contributed by atoms with Gasteiger partial charge in [-0.1, -0.05) is 19.1 Å². The Morgan fingerprint density at radius 3 is 2.65 bits per heavy atom. The number of hydrogen-bond donors (Lipinski definition) is 2. The largest absolute Gasteiger partial charge is 0.481 e. The van der Waals surface area contributed by atoms with E-state index in [4.69, 9.17) is 4.74 Å². The van der Waals surface area contributed by atoms with E-state index in [0.29, 0.717) is 13.0 Å². The van der Waals surface area contributed by atoms with Gasteiger partial charge < -0.3 is 15.4 Å². The highest BCUT2D eigenvalue weighted by Gasteiger charge is 2.18. The molecule has 1 aromatic carbocycles. The summed E-state index contributed by atoms with van der Waals surface area (Å²) < 4.78 is 5.74. The molecule has 2 unspecified atom stereocenters. The molecule has 1 aromatic rings. The van der Waals surface area contributed by atoms with Crippen molar-refractivity contribution in [2.24, 2.45) is 0 Å². The van der Waals surface area contributed by atoms with Gasteiger partial charge in [-0.25, -0.2) is 0 Å².